The molecule has 0 fully saturated rings. The largest absolute Gasteiger partial charge is 0.383 e. The number of fused-ring (bicyclic) bond motifs is 1. The molecular weight excluding hydrogens is 242 g/mol. The van der Waals surface area contributed by atoms with E-state index in [0.717, 1.165) is 16.6 Å². The Hall–Kier alpha value is -2.50. The molecule has 0 aliphatic heterocycles. The average molecular weight is 255 g/mol. The highest BCUT2D eigenvalue weighted by Gasteiger charge is 2.04. The number of aryl methyl sites for hydroxylation is 1. The molecule has 0 unspecified atom stereocenters. The lowest BCUT2D eigenvalue weighted by molar-refractivity contribution is 0.387. The molecule has 3 aromatic rings. The molecule has 19 heavy (non-hydrogen) atoms. The molecule has 1 aromatic carbocycles. The van der Waals surface area contributed by atoms with Crippen molar-refractivity contribution < 1.29 is 4.52 Å². The summed E-state index contributed by atoms with van der Waals surface area (Å²) in [5.41, 5.74) is 1.84. The zero-order chi connectivity index (χ0) is 13.1. The van der Waals surface area contributed by atoms with E-state index in [-0.39, 0.29) is 0 Å². The minimum absolute atomic E-state index is 0.589. The zero-order valence-electron chi connectivity index (χ0n) is 10.5. The Morgan fingerprint density at radius 3 is 3.00 bits per heavy atom. The van der Waals surface area contributed by atoms with Gasteiger partial charge in [0.2, 0.25) is 5.89 Å². The van der Waals surface area contributed by atoms with Crippen LogP contribution < -0.4 is 5.32 Å². The van der Waals surface area contributed by atoms with Gasteiger partial charge >= 0.3 is 0 Å². The van der Waals surface area contributed by atoms with Crippen molar-refractivity contribution in [1.29, 1.82) is 0 Å². The van der Waals surface area contributed by atoms with Gasteiger partial charge in [0, 0.05) is 25.3 Å². The molecule has 6 nitrogen and oxygen atoms in total. The summed E-state index contributed by atoms with van der Waals surface area (Å²) in [5, 5.41) is 16.3. The predicted octanol–water partition coefficient (Wildman–Crippen LogP) is 1.98. The van der Waals surface area contributed by atoms with Gasteiger partial charge in [0.15, 0.2) is 5.82 Å². The first-order valence-corrected chi connectivity index (χ1v) is 6.06. The second kappa shape index (κ2) is 5.01. The number of nitrogens with one attached hydrogen (secondary N) is 1. The summed E-state index contributed by atoms with van der Waals surface area (Å²) in [6.07, 6.45) is 2.43. The first-order chi connectivity index (χ1) is 9.33. The Bertz CT molecular complexity index is 689. The Kier molecular flexibility index (Phi) is 3.06. The van der Waals surface area contributed by atoms with Crippen LogP contribution >= 0.6 is 0 Å². The second-order valence-corrected chi connectivity index (χ2v) is 4.18. The molecule has 2 aromatic heterocycles. The van der Waals surface area contributed by atoms with Crippen LogP contribution in [0.5, 0.6) is 0 Å². The Morgan fingerprint density at radius 2 is 2.16 bits per heavy atom. The molecule has 1 N–H and O–H groups in total. The molecule has 0 saturated carbocycles. The highest BCUT2D eigenvalue weighted by atomic mass is 16.5. The number of anilines is 1. The highest BCUT2D eigenvalue weighted by Crippen LogP contribution is 2.19. The average Bonchev–Trinajstić information content (AvgIpc) is 2.85. The summed E-state index contributed by atoms with van der Waals surface area (Å²) < 4.78 is 4.93. The van der Waals surface area contributed by atoms with Crippen LogP contribution in [0.25, 0.3) is 10.9 Å². The lowest BCUT2D eigenvalue weighted by atomic mass is 10.2. The first-order valence-electron chi connectivity index (χ1n) is 6.06. The molecular formula is C13H13N5O. The maximum Gasteiger partial charge on any atom is 0.223 e. The maximum atomic E-state index is 4.93. The summed E-state index contributed by atoms with van der Waals surface area (Å²) in [6, 6.07) is 7.89. The molecule has 0 saturated heterocycles. The lowest BCUT2D eigenvalue weighted by Crippen LogP contribution is -2.07. The summed E-state index contributed by atoms with van der Waals surface area (Å²) >= 11 is 0. The molecule has 2 heterocycles. The van der Waals surface area contributed by atoms with Gasteiger partial charge in [-0.15, -0.1) is 0 Å². The van der Waals surface area contributed by atoms with Gasteiger partial charge in [0.1, 0.15) is 0 Å². The van der Waals surface area contributed by atoms with Crippen molar-refractivity contribution >= 4 is 16.6 Å². The quantitative estimate of drug-likeness (QED) is 0.768. The first kappa shape index (κ1) is 11.6. The van der Waals surface area contributed by atoms with E-state index in [2.05, 4.69) is 25.7 Å². The van der Waals surface area contributed by atoms with E-state index in [1.807, 2.05) is 24.3 Å². The molecule has 0 bridgehead atoms. The SMILES string of the molecule is Cc1nc(CCNc2cnnc3ccccc23)no1. The second-order valence-electron chi connectivity index (χ2n) is 4.18. The fourth-order valence-corrected chi connectivity index (χ4v) is 1.90. The standard InChI is InChI=1S/C13H13N5O/c1-9-16-13(18-19-9)6-7-14-12-8-15-17-11-5-3-2-4-10(11)12/h2-5,8H,6-7H2,1H3,(H,14,17). The van der Waals surface area contributed by atoms with Crippen LogP contribution in [0.3, 0.4) is 0 Å². The van der Waals surface area contributed by atoms with Crippen LogP contribution in [-0.2, 0) is 6.42 Å². The van der Waals surface area contributed by atoms with Crippen molar-refractivity contribution in [2.45, 2.75) is 13.3 Å². The summed E-state index contributed by atoms with van der Waals surface area (Å²) in [7, 11) is 0. The van der Waals surface area contributed by atoms with Crippen molar-refractivity contribution in [1.82, 2.24) is 20.3 Å². The van der Waals surface area contributed by atoms with E-state index in [0.29, 0.717) is 24.7 Å². The fourth-order valence-electron chi connectivity index (χ4n) is 1.90. The van der Waals surface area contributed by atoms with Crippen LogP contribution in [0.4, 0.5) is 5.69 Å². The summed E-state index contributed by atoms with van der Waals surface area (Å²) in [6.45, 7) is 2.50. The molecule has 96 valence electrons. The fraction of sp³-hybridized carbons (Fsp3) is 0.231. The molecule has 3 rings (SSSR count). The zero-order valence-corrected chi connectivity index (χ0v) is 10.5. The van der Waals surface area contributed by atoms with Gasteiger partial charge in [0.25, 0.3) is 0 Å². The van der Waals surface area contributed by atoms with Crippen LogP contribution in [0.2, 0.25) is 0 Å². The smallest absolute Gasteiger partial charge is 0.223 e. The topological polar surface area (TPSA) is 76.7 Å². The third kappa shape index (κ3) is 2.52. The number of aromatic nitrogens is 4. The third-order valence-corrected chi connectivity index (χ3v) is 2.78. The van der Waals surface area contributed by atoms with Gasteiger partial charge in [-0.25, -0.2) is 0 Å². The van der Waals surface area contributed by atoms with E-state index in [9.17, 15) is 0 Å². The van der Waals surface area contributed by atoms with Crippen LogP contribution in [-0.4, -0.2) is 26.9 Å². The summed E-state index contributed by atoms with van der Waals surface area (Å²) in [5.74, 6) is 1.29. The molecule has 0 amide bonds. The number of nitrogens with zero attached hydrogens (tertiary/aromatic N) is 4. The highest BCUT2D eigenvalue weighted by molar-refractivity contribution is 5.90. The maximum absolute atomic E-state index is 4.93. The van der Waals surface area contributed by atoms with E-state index in [1.54, 1.807) is 13.1 Å². The van der Waals surface area contributed by atoms with Crippen molar-refractivity contribution in [3.05, 3.63) is 42.2 Å². The molecule has 0 radical (unpaired) electrons. The van der Waals surface area contributed by atoms with Gasteiger partial charge in [-0.1, -0.05) is 23.4 Å². The van der Waals surface area contributed by atoms with Crippen LogP contribution in [0.1, 0.15) is 11.7 Å². The monoisotopic (exact) mass is 255 g/mol. The third-order valence-electron chi connectivity index (χ3n) is 2.78. The van der Waals surface area contributed by atoms with Crippen LogP contribution in [0.15, 0.2) is 35.0 Å². The van der Waals surface area contributed by atoms with Gasteiger partial charge in [-0.3, -0.25) is 0 Å². The predicted molar refractivity (Wildman–Crippen MR) is 70.8 cm³/mol. The molecule has 6 heteroatoms. The van der Waals surface area contributed by atoms with Crippen molar-refractivity contribution in [2.24, 2.45) is 0 Å². The van der Waals surface area contributed by atoms with E-state index in [4.69, 9.17) is 4.52 Å². The van der Waals surface area contributed by atoms with Crippen molar-refractivity contribution in [2.75, 3.05) is 11.9 Å². The number of hydrogen-bond acceptors (Lipinski definition) is 6. The van der Waals surface area contributed by atoms with Gasteiger partial charge in [-0.05, 0) is 6.07 Å². The van der Waals surface area contributed by atoms with E-state index < -0.39 is 0 Å². The molecule has 0 aliphatic rings. The Balaban J connectivity index is 1.71. The van der Waals surface area contributed by atoms with Crippen molar-refractivity contribution in [3.63, 3.8) is 0 Å². The normalized spacial score (nSPS) is 10.8. The number of hydrogen-bond donors (Lipinski definition) is 1. The molecule has 0 aliphatic carbocycles. The lowest BCUT2D eigenvalue weighted by Gasteiger charge is -2.06. The molecule has 0 spiro atoms. The van der Waals surface area contributed by atoms with Gasteiger partial charge in [-0.2, -0.15) is 15.2 Å². The minimum atomic E-state index is 0.589. The number of benzene rings is 1. The summed E-state index contributed by atoms with van der Waals surface area (Å²) in [4.78, 5) is 4.16. The Morgan fingerprint density at radius 1 is 1.26 bits per heavy atom. The number of rotatable bonds is 4. The molecule has 0 atom stereocenters. The van der Waals surface area contributed by atoms with Gasteiger partial charge in [0.05, 0.1) is 17.4 Å². The van der Waals surface area contributed by atoms with E-state index in [1.165, 1.54) is 0 Å². The van der Waals surface area contributed by atoms with E-state index >= 15 is 0 Å². The Labute approximate surface area is 109 Å². The van der Waals surface area contributed by atoms with Crippen molar-refractivity contribution in [3.8, 4) is 0 Å². The minimum Gasteiger partial charge on any atom is -0.383 e. The van der Waals surface area contributed by atoms with Crippen LogP contribution in [0, 0.1) is 6.92 Å². The van der Waals surface area contributed by atoms with Gasteiger partial charge < -0.3 is 9.84 Å².